The number of ether oxygens (including phenoxy) is 2. The van der Waals surface area contributed by atoms with Gasteiger partial charge < -0.3 is 19.1 Å². The SMILES string of the molecule is CCOCCc1noc(-c2ccc(OC)c(O)c2)n1. The third kappa shape index (κ3) is 3.23. The summed E-state index contributed by atoms with van der Waals surface area (Å²) < 4.78 is 15.3. The number of aromatic hydroxyl groups is 1. The first-order chi connectivity index (χ1) is 9.24. The van der Waals surface area contributed by atoms with Crippen molar-refractivity contribution in [1.29, 1.82) is 0 Å². The second kappa shape index (κ2) is 6.19. The van der Waals surface area contributed by atoms with Crippen LogP contribution in [0.15, 0.2) is 22.7 Å². The van der Waals surface area contributed by atoms with Crippen molar-refractivity contribution < 1.29 is 19.1 Å². The zero-order valence-corrected chi connectivity index (χ0v) is 10.9. The average Bonchev–Trinajstić information content (AvgIpc) is 2.88. The number of phenolic OH excluding ortho intramolecular Hbond substituents is 1. The van der Waals surface area contributed by atoms with Crippen molar-refractivity contribution in [3.63, 3.8) is 0 Å². The summed E-state index contributed by atoms with van der Waals surface area (Å²) in [6, 6.07) is 4.92. The molecule has 0 aliphatic heterocycles. The summed E-state index contributed by atoms with van der Waals surface area (Å²) in [5.74, 6) is 1.39. The summed E-state index contributed by atoms with van der Waals surface area (Å²) in [6.07, 6.45) is 0.597. The van der Waals surface area contributed by atoms with Crippen LogP contribution in [-0.2, 0) is 11.2 Å². The van der Waals surface area contributed by atoms with E-state index in [2.05, 4.69) is 10.1 Å². The van der Waals surface area contributed by atoms with Crippen LogP contribution in [0.1, 0.15) is 12.7 Å². The van der Waals surface area contributed by atoms with Gasteiger partial charge in [0, 0.05) is 18.6 Å². The maximum Gasteiger partial charge on any atom is 0.258 e. The first-order valence-electron chi connectivity index (χ1n) is 6.02. The molecular formula is C13H16N2O4. The summed E-state index contributed by atoms with van der Waals surface area (Å²) in [5, 5.41) is 13.6. The zero-order chi connectivity index (χ0) is 13.7. The van der Waals surface area contributed by atoms with E-state index in [1.807, 2.05) is 6.92 Å². The minimum Gasteiger partial charge on any atom is -0.504 e. The van der Waals surface area contributed by atoms with Crippen molar-refractivity contribution in [2.24, 2.45) is 0 Å². The van der Waals surface area contributed by atoms with Gasteiger partial charge in [-0.25, -0.2) is 0 Å². The minimum absolute atomic E-state index is 0.0362. The molecule has 0 spiro atoms. The van der Waals surface area contributed by atoms with Gasteiger partial charge in [-0.2, -0.15) is 4.98 Å². The lowest BCUT2D eigenvalue weighted by Crippen LogP contribution is -1.99. The average molecular weight is 264 g/mol. The molecule has 102 valence electrons. The number of rotatable bonds is 6. The number of nitrogens with zero attached hydrogens (tertiary/aromatic N) is 2. The third-order valence-electron chi connectivity index (χ3n) is 2.57. The summed E-state index contributed by atoms with van der Waals surface area (Å²) >= 11 is 0. The topological polar surface area (TPSA) is 77.6 Å². The highest BCUT2D eigenvalue weighted by atomic mass is 16.5. The number of hydrogen-bond donors (Lipinski definition) is 1. The Morgan fingerprint density at radius 1 is 1.37 bits per heavy atom. The number of benzene rings is 1. The molecule has 0 bridgehead atoms. The summed E-state index contributed by atoms with van der Waals surface area (Å²) in [5.41, 5.74) is 0.647. The fraction of sp³-hybridized carbons (Fsp3) is 0.385. The van der Waals surface area contributed by atoms with Crippen LogP contribution in [0.5, 0.6) is 11.5 Å². The highest BCUT2D eigenvalue weighted by Crippen LogP contribution is 2.30. The lowest BCUT2D eigenvalue weighted by atomic mass is 10.2. The van der Waals surface area contributed by atoms with Crippen molar-refractivity contribution >= 4 is 0 Å². The molecule has 0 unspecified atom stereocenters. The molecule has 1 N–H and O–H groups in total. The quantitative estimate of drug-likeness (QED) is 0.804. The lowest BCUT2D eigenvalue weighted by Gasteiger charge is -2.03. The van der Waals surface area contributed by atoms with Gasteiger partial charge in [0.2, 0.25) is 0 Å². The fourth-order valence-electron chi connectivity index (χ4n) is 1.60. The summed E-state index contributed by atoms with van der Waals surface area (Å²) in [6.45, 7) is 3.15. The second-order valence-electron chi connectivity index (χ2n) is 3.85. The van der Waals surface area contributed by atoms with E-state index in [-0.39, 0.29) is 5.75 Å². The molecule has 1 heterocycles. The van der Waals surface area contributed by atoms with Crippen molar-refractivity contribution in [1.82, 2.24) is 10.1 Å². The predicted molar refractivity (Wildman–Crippen MR) is 68.1 cm³/mol. The van der Waals surface area contributed by atoms with Gasteiger partial charge in [0.15, 0.2) is 17.3 Å². The minimum atomic E-state index is 0.0362. The van der Waals surface area contributed by atoms with Crippen molar-refractivity contribution in [2.45, 2.75) is 13.3 Å². The molecule has 1 aromatic carbocycles. The zero-order valence-electron chi connectivity index (χ0n) is 10.9. The van der Waals surface area contributed by atoms with Crippen LogP contribution < -0.4 is 4.74 Å². The van der Waals surface area contributed by atoms with E-state index >= 15 is 0 Å². The number of aromatic nitrogens is 2. The van der Waals surface area contributed by atoms with E-state index < -0.39 is 0 Å². The molecule has 0 saturated carbocycles. The van der Waals surface area contributed by atoms with Gasteiger partial charge in [-0.15, -0.1) is 0 Å². The van der Waals surface area contributed by atoms with Gasteiger partial charge >= 0.3 is 0 Å². The Hall–Kier alpha value is -2.08. The molecule has 2 aromatic rings. The number of methoxy groups -OCH3 is 1. The molecule has 2 rings (SSSR count). The van der Waals surface area contributed by atoms with Crippen molar-refractivity contribution in [3.05, 3.63) is 24.0 Å². The van der Waals surface area contributed by atoms with Gasteiger partial charge in [-0.3, -0.25) is 0 Å². The molecule has 6 heteroatoms. The van der Waals surface area contributed by atoms with Crippen LogP contribution in [0.3, 0.4) is 0 Å². The van der Waals surface area contributed by atoms with E-state index in [4.69, 9.17) is 14.0 Å². The molecular weight excluding hydrogens is 248 g/mol. The van der Waals surface area contributed by atoms with Crippen LogP contribution in [0, 0.1) is 0 Å². The van der Waals surface area contributed by atoms with Crippen LogP contribution in [0.4, 0.5) is 0 Å². The van der Waals surface area contributed by atoms with E-state index in [1.165, 1.54) is 13.2 Å². The Bertz CT molecular complexity index is 539. The molecule has 0 fully saturated rings. The highest BCUT2D eigenvalue weighted by Gasteiger charge is 2.11. The van der Waals surface area contributed by atoms with E-state index in [0.29, 0.717) is 42.7 Å². The maximum atomic E-state index is 9.70. The van der Waals surface area contributed by atoms with Crippen LogP contribution in [0.25, 0.3) is 11.5 Å². The Morgan fingerprint density at radius 3 is 2.89 bits per heavy atom. The number of phenols is 1. The summed E-state index contributed by atoms with van der Waals surface area (Å²) in [7, 11) is 1.49. The summed E-state index contributed by atoms with van der Waals surface area (Å²) in [4.78, 5) is 4.24. The van der Waals surface area contributed by atoms with Crippen molar-refractivity contribution in [3.8, 4) is 23.0 Å². The monoisotopic (exact) mass is 264 g/mol. The molecule has 0 aliphatic rings. The molecule has 0 amide bonds. The highest BCUT2D eigenvalue weighted by molar-refractivity contribution is 5.59. The molecule has 0 atom stereocenters. The lowest BCUT2D eigenvalue weighted by molar-refractivity contribution is 0.149. The first kappa shape index (κ1) is 13.4. The normalized spacial score (nSPS) is 10.6. The van der Waals surface area contributed by atoms with Gasteiger partial charge in [0.1, 0.15) is 0 Å². The largest absolute Gasteiger partial charge is 0.504 e. The van der Waals surface area contributed by atoms with Crippen LogP contribution >= 0.6 is 0 Å². The Kier molecular flexibility index (Phi) is 4.35. The molecule has 0 radical (unpaired) electrons. The maximum absolute atomic E-state index is 9.70. The molecule has 19 heavy (non-hydrogen) atoms. The standard InChI is InChI=1S/C13H16N2O4/c1-3-18-7-6-12-14-13(19-15-12)9-4-5-11(17-2)10(16)8-9/h4-5,8,16H,3,6-7H2,1-2H3. The van der Waals surface area contributed by atoms with Gasteiger partial charge in [0.25, 0.3) is 5.89 Å². The Morgan fingerprint density at radius 2 is 2.21 bits per heavy atom. The molecule has 0 aliphatic carbocycles. The van der Waals surface area contributed by atoms with E-state index in [9.17, 15) is 5.11 Å². The van der Waals surface area contributed by atoms with E-state index in [0.717, 1.165) is 0 Å². The predicted octanol–water partition coefficient (Wildman–Crippen LogP) is 2.03. The van der Waals surface area contributed by atoms with Crippen molar-refractivity contribution in [2.75, 3.05) is 20.3 Å². The second-order valence-corrected chi connectivity index (χ2v) is 3.85. The Balaban J connectivity index is 2.11. The van der Waals surface area contributed by atoms with Crippen LogP contribution in [-0.4, -0.2) is 35.6 Å². The van der Waals surface area contributed by atoms with Crippen LogP contribution in [0.2, 0.25) is 0 Å². The Labute approximate surface area is 111 Å². The first-order valence-corrected chi connectivity index (χ1v) is 6.02. The molecule has 0 saturated heterocycles. The van der Waals surface area contributed by atoms with Gasteiger partial charge in [0.05, 0.1) is 13.7 Å². The van der Waals surface area contributed by atoms with E-state index in [1.54, 1.807) is 12.1 Å². The third-order valence-corrected chi connectivity index (χ3v) is 2.57. The molecule has 1 aromatic heterocycles. The van der Waals surface area contributed by atoms with Gasteiger partial charge in [-0.05, 0) is 25.1 Å². The van der Waals surface area contributed by atoms with Gasteiger partial charge in [-0.1, -0.05) is 5.16 Å². The molecule has 6 nitrogen and oxygen atoms in total. The smallest absolute Gasteiger partial charge is 0.258 e. The fourth-order valence-corrected chi connectivity index (χ4v) is 1.60. The number of hydrogen-bond acceptors (Lipinski definition) is 6.